The van der Waals surface area contributed by atoms with Crippen LogP contribution in [-0.4, -0.2) is 37.1 Å². The third-order valence-corrected chi connectivity index (χ3v) is 4.72. The molecule has 0 saturated heterocycles. The summed E-state index contributed by atoms with van der Waals surface area (Å²) in [6.07, 6.45) is 5.44. The van der Waals surface area contributed by atoms with Gasteiger partial charge >= 0.3 is 0 Å². The van der Waals surface area contributed by atoms with Gasteiger partial charge in [0.15, 0.2) is 5.82 Å². The Kier molecular flexibility index (Phi) is 3.07. The normalized spacial score (nSPS) is 20.4. The van der Waals surface area contributed by atoms with Gasteiger partial charge in [-0.25, -0.2) is 4.98 Å². The van der Waals surface area contributed by atoms with Gasteiger partial charge in [0.05, 0.1) is 23.3 Å². The number of hydrogen-bond acceptors (Lipinski definition) is 3. The summed E-state index contributed by atoms with van der Waals surface area (Å²) in [4.78, 5) is 22.2. The molecule has 1 unspecified atom stereocenters. The topological polar surface area (TPSA) is 66.8 Å². The van der Waals surface area contributed by atoms with Crippen molar-refractivity contribution in [1.29, 1.82) is 0 Å². The molecule has 2 aromatic heterocycles. The highest BCUT2D eigenvalue weighted by atomic mass is 35.5. The molecule has 1 aliphatic heterocycles. The third kappa shape index (κ3) is 1.98. The first-order chi connectivity index (χ1) is 10.6. The Hall–Kier alpha value is -2.08. The molecule has 0 aromatic carbocycles. The maximum absolute atomic E-state index is 12.8. The van der Waals surface area contributed by atoms with Gasteiger partial charge in [-0.1, -0.05) is 17.7 Å². The maximum atomic E-state index is 12.8. The van der Waals surface area contributed by atoms with E-state index in [2.05, 4.69) is 15.1 Å². The van der Waals surface area contributed by atoms with E-state index in [9.17, 15) is 4.79 Å². The van der Waals surface area contributed by atoms with Crippen molar-refractivity contribution < 1.29 is 4.79 Å². The van der Waals surface area contributed by atoms with Crippen LogP contribution < -0.4 is 0 Å². The van der Waals surface area contributed by atoms with Crippen molar-refractivity contribution in [2.24, 2.45) is 0 Å². The van der Waals surface area contributed by atoms with Crippen LogP contribution in [0.1, 0.15) is 47.1 Å². The van der Waals surface area contributed by atoms with E-state index in [0.29, 0.717) is 29.6 Å². The zero-order valence-corrected chi connectivity index (χ0v) is 13.0. The van der Waals surface area contributed by atoms with Gasteiger partial charge in [-0.2, -0.15) is 5.10 Å². The highest BCUT2D eigenvalue weighted by Crippen LogP contribution is 2.29. The van der Waals surface area contributed by atoms with E-state index in [1.54, 1.807) is 6.20 Å². The summed E-state index contributed by atoms with van der Waals surface area (Å²) in [6.45, 7) is 3.35. The van der Waals surface area contributed by atoms with Crippen LogP contribution in [0.25, 0.3) is 5.03 Å². The molecular formula is C15H16ClN5O. The number of halogens is 1. The number of hydrogen-bond donors (Lipinski definition) is 1. The third-order valence-electron chi connectivity index (χ3n) is 4.38. The first kappa shape index (κ1) is 13.6. The van der Waals surface area contributed by atoms with Gasteiger partial charge in [0.1, 0.15) is 5.69 Å². The Balaban J connectivity index is 1.64. The van der Waals surface area contributed by atoms with Crippen molar-refractivity contribution in [1.82, 2.24) is 24.6 Å². The minimum Gasteiger partial charge on any atom is -0.337 e. The Bertz CT molecular complexity index is 775. The molecule has 0 bridgehead atoms. The molecule has 3 heterocycles. The number of nitrogens with zero attached hydrogens (tertiary/aromatic N) is 4. The lowest BCUT2D eigenvalue weighted by Gasteiger charge is -2.33. The fourth-order valence-electron chi connectivity index (χ4n) is 3.18. The monoisotopic (exact) mass is 317 g/mol. The molecule has 0 fully saturated rings. The Morgan fingerprint density at radius 1 is 1.45 bits per heavy atom. The van der Waals surface area contributed by atoms with Gasteiger partial charge < -0.3 is 9.88 Å². The second kappa shape index (κ2) is 4.98. The minimum atomic E-state index is -0.0844. The molecule has 4 rings (SSSR count). The Labute approximate surface area is 132 Å². The number of H-pyrrole nitrogens is 1. The molecule has 0 radical (unpaired) electrons. The number of allylic oxidation sites excluding steroid dienone is 1. The zero-order valence-electron chi connectivity index (χ0n) is 12.2. The Morgan fingerprint density at radius 3 is 3.14 bits per heavy atom. The fourth-order valence-corrected chi connectivity index (χ4v) is 3.45. The molecule has 1 atom stereocenters. The van der Waals surface area contributed by atoms with Gasteiger partial charge in [0.2, 0.25) is 0 Å². The number of amides is 1. The van der Waals surface area contributed by atoms with Gasteiger partial charge in [0.25, 0.3) is 5.91 Å². The number of carbonyl (C=O) groups is 1. The van der Waals surface area contributed by atoms with Crippen molar-refractivity contribution in [3.05, 3.63) is 41.2 Å². The van der Waals surface area contributed by atoms with E-state index in [1.165, 1.54) is 0 Å². The number of imidazole rings is 1. The number of carbonyl (C=O) groups excluding carboxylic acids is 1. The summed E-state index contributed by atoms with van der Waals surface area (Å²) >= 11 is 6.17. The van der Waals surface area contributed by atoms with E-state index < -0.39 is 0 Å². The van der Waals surface area contributed by atoms with E-state index >= 15 is 0 Å². The number of rotatable bonds is 1. The lowest BCUT2D eigenvalue weighted by atomic mass is 10.1. The summed E-state index contributed by atoms with van der Waals surface area (Å²) in [5.41, 5.74) is 2.71. The molecule has 6 nitrogen and oxygen atoms in total. The van der Waals surface area contributed by atoms with Crippen molar-refractivity contribution in [3.8, 4) is 0 Å². The fraction of sp³-hybridized carbons (Fsp3) is 0.400. The van der Waals surface area contributed by atoms with E-state index in [4.69, 9.17) is 11.6 Å². The van der Waals surface area contributed by atoms with Crippen LogP contribution in [0.4, 0.5) is 0 Å². The van der Waals surface area contributed by atoms with Crippen molar-refractivity contribution in [2.75, 3.05) is 6.54 Å². The van der Waals surface area contributed by atoms with Gasteiger partial charge in [0, 0.05) is 18.4 Å². The Morgan fingerprint density at radius 2 is 2.32 bits per heavy atom. The summed E-state index contributed by atoms with van der Waals surface area (Å²) in [6, 6.07) is 1.94. The second-order valence-corrected chi connectivity index (χ2v) is 6.06. The van der Waals surface area contributed by atoms with E-state index in [0.717, 1.165) is 24.2 Å². The quantitative estimate of drug-likeness (QED) is 0.878. The van der Waals surface area contributed by atoms with E-state index in [1.807, 2.05) is 28.6 Å². The number of nitrogens with one attached hydrogen (secondary N) is 1. The first-order valence-electron chi connectivity index (χ1n) is 7.42. The predicted molar refractivity (Wildman–Crippen MR) is 82.4 cm³/mol. The number of aryl methyl sites for hydroxylation is 1. The van der Waals surface area contributed by atoms with Crippen LogP contribution in [0.2, 0.25) is 0 Å². The first-order valence-corrected chi connectivity index (χ1v) is 7.80. The van der Waals surface area contributed by atoms with Crippen LogP contribution in [0.15, 0.2) is 18.3 Å². The standard InChI is InChI=1S/C15H16ClN5O/c1-9-12-5-6-17-21(12)8-7-20(9)15(22)14-18-11-4-2-3-10(16)13(11)19-14/h3,5-6,9H,2,4,7-8H2,1H3,(H,18,19). The summed E-state index contributed by atoms with van der Waals surface area (Å²) < 4.78 is 1.95. The summed E-state index contributed by atoms with van der Waals surface area (Å²) in [5, 5.41) is 4.89. The van der Waals surface area contributed by atoms with Crippen molar-refractivity contribution in [3.63, 3.8) is 0 Å². The molecule has 114 valence electrons. The molecule has 0 saturated carbocycles. The highest BCUT2D eigenvalue weighted by Gasteiger charge is 2.31. The molecule has 1 N–H and O–H groups in total. The maximum Gasteiger partial charge on any atom is 0.290 e. The van der Waals surface area contributed by atoms with E-state index in [-0.39, 0.29) is 11.9 Å². The van der Waals surface area contributed by atoms with Gasteiger partial charge in [-0.15, -0.1) is 0 Å². The van der Waals surface area contributed by atoms with Crippen molar-refractivity contribution >= 4 is 22.5 Å². The molecule has 1 amide bonds. The minimum absolute atomic E-state index is 0.0168. The SMILES string of the molecule is CC1c2ccnn2CCN1C(=O)c1nc2c([nH]1)CCC=C2Cl. The average molecular weight is 318 g/mol. The number of aromatic nitrogens is 4. The largest absolute Gasteiger partial charge is 0.337 e. The van der Waals surface area contributed by atoms with Crippen LogP contribution >= 0.6 is 11.6 Å². The lowest BCUT2D eigenvalue weighted by molar-refractivity contribution is 0.0625. The average Bonchev–Trinajstić information content (AvgIpc) is 3.14. The number of fused-ring (bicyclic) bond motifs is 2. The zero-order chi connectivity index (χ0) is 15.3. The smallest absolute Gasteiger partial charge is 0.290 e. The molecule has 0 spiro atoms. The second-order valence-electron chi connectivity index (χ2n) is 5.66. The van der Waals surface area contributed by atoms with Gasteiger partial charge in [-0.3, -0.25) is 9.48 Å². The highest BCUT2D eigenvalue weighted by molar-refractivity contribution is 6.48. The molecule has 1 aliphatic carbocycles. The summed E-state index contributed by atoms with van der Waals surface area (Å²) in [7, 11) is 0. The molecule has 2 aliphatic rings. The van der Waals surface area contributed by atoms with Crippen LogP contribution in [0.5, 0.6) is 0 Å². The summed E-state index contributed by atoms with van der Waals surface area (Å²) in [5.74, 6) is 0.289. The molecule has 2 aromatic rings. The predicted octanol–water partition coefficient (Wildman–Crippen LogP) is 2.35. The van der Waals surface area contributed by atoms with Crippen molar-refractivity contribution in [2.45, 2.75) is 32.4 Å². The van der Waals surface area contributed by atoms with Crippen LogP contribution in [0, 0.1) is 0 Å². The van der Waals surface area contributed by atoms with Crippen LogP contribution in [-0.2, 0) is 13.0 Å². The molecular weight excluding hydrogens is 302 g/mol. The van der Waals surface area contributed by atoms with Gasteiger partial charge in [-0.05, 0) is 25.8 Å². The lowest BCUT2D eigenvalue weighted by Crippen LogP contribution is -2.41. The van der Waals surface area contributed by atoms with Crippen LogP contribution in [0.3, 0.4) is 0 Å². The molecule has 7 heteroatoms. The molecule has 22 heavy (non-hydrogen) atoms. The number of aromatic amines is 1.